The molecule has 2 aliphatic carbocycles. The fourth-order valence-electron chi connectivity index (χ4n) is 7.77. The Kier molecular flexibility index (Phi) is 5.69. The number of aromatic nitrogens is 1. The van der Waals surface area contributed by atoms with Crippen LogP contribution in [0.3, 0.4) is 0 Å². The van der Waals surface area contributed by atoms with E-state index < -0.39 is 0 Å². The van der Waals surface area contributed by atoms with Gasteiger partial charge in [-0.15, -0.1) is 11.8 Å². The molecule has 0 spiro atoms. The van der Waals surface area contributed by atoms with Gasteiger partial charge in [0.1, 0.15) is 17.2 Å². The maximum absolute atomic E-state index is 14.0. The average Bonchev–Trinajstić information content (AvgIpc) is 3.72. The van der Waals surface area contributed by atoms with E-state index >= 15 is 0 Å². The number of aromatic amines is 1. The van der Waals surface area contributed by atoms with Crippen molar-refractivity contribution in [2.45, 2.75) is 22.6 Å². The van der Waals surface area contributed by atoms with Crippen molar-refractivity contribution in [3.63, 3.8) is 0 Å². The molecule has 4 aliphatic rings. The number of H-pyrrole nitrogens is 1. The van der Waals surface area contributed by atoms with Crippen molar-refractivity contribution < 1.29 is 19.1 Å². The Balaban J connectivity index is 1.18. The summed E-state index contributed by atoms with van der Waals surface area (Å²) in [6.07, 6.45) is 0.849. The second-order valence-electron chi connectivity index (χ2n) is 11.2. The van der Waals surface area contributed by atoms with Gasteiger partial charge in [0, 0.05) is 16.0 Å². The number of carbonyl (C=O) groups excluding carboxylic acids is 2. The normalized spacial score (nSPS) is 29.3. The van der Waals surface area contributed by atoms with Crippen LogP contribution in [0.4, 0.5) is 5.69 Å². The molecule has 3 heterocycles. The van der Waals surface area contributed by atoms with Crippen LogP contribution in [0.1, 0.15) is 22.8 Å². The molecule has 3 aromatic carbocycles. The molecule has 2 aliphatic heterocycles. The van der Waals surface area contributed by atoms with Crippen molar-refractivity contribution in [1.29, 1.82) is 0 Å². The lowest BCUT2D eigenvalue weighted by Gasteiger charge is -2.43. The van der Waals surface area contributed by atoms with Crippen molar-refractivity contribution in [2.24, 2.45) is 29.6 Å². The zero-order valence-corrected chi connectivity index (χ0v) is 23.7. The molecular weight excluding hydrogens is 556 g/mol. The minimum Gasteiger partial charge on any atom is -0.497 e. The first kappa shape index (κ1) is 24.9. The van der Waals surface area contributed by atoms with Crippen LogP contribution < -0.4 is 19.2 Å². The largest absolute Gasteiger partial charge is 0.497 e. The number of nitrogens with one attached hydrogen (secondary N) is 1. The number of fused-ring (bicyclic) bond motifs is 9. The lowest BCUT2D eigenvalue weighted by Crippen LogP contribution is -2.42. The number of hydrogen-bond acceptors (Lipinski definition) is 7. The molecule has 4 aromatic rings. The Morgan fingerprint density at radius 2 is 1.56 bits per heavy atom. The summed E-state index contributed by atoms with van der Waals surface area (Å²) in [7, 11) is 1.59. The van der Waals surface area contributed by atoms with Crippen LogP contribution in [0, 0.1) is 29.6 Å². The maximum atomic E-state index is 14.0. The number of nitrogens with zero attached hydrogens (tertiary/aromatic N) is 1. The fourth-order valence-corrected chi connectivity index (χ4v) is 10.7. The summed E-state index contributed by atoms with van der Waals surface area (Å²) < 4.78 is 11.4. The number of rotatable bonds is 5. The first-order valence-electron chi connectivity index (χ1n) is 13.8. The van der Waals surface area contributed by atoms with E-state index in [1.54, 1.807) is 43.1 Å². The van der Waals surface area contributed by atoms with Crippen LogP contribution in [-0.4, -0.2) is 29.2 Å². The lowest BCUT2D eigenvalue weighted by molar-refractivity contribution is -0.123. The highest BCUT2D eigenvalue weighted by molar-refractivity contribution is 8.00. The minimum atomic E-state index is -0.347. The van der Waals surface area contributed by atoms with Crippen molar-refractivity contribution in [3.05, 3.63) is 99.0 Å². The van der Waals surface area contributed by atoms with E-state index in [1.165, 1.54) is 16.2 Å². The molecule has 8 rings (SSSR count). The molecule has 7 nitrogen and oxygen atoms in total. The predicted octanol–water partition coefficient (Wildman–Crippen LogP) is 5.92. The first-order valence-corrected chi connectivity index (χ1v) is 15.5. The van der Waals surface area contributed by atoms with E-state index in [0.717, 1.165) is 33.4 Å². The van der Waals surface area contributed by atoms with E-state index in [0.29, 0.717) is 11.4 Å². The molecular formula is C32H26N2O5S2. The van der Waals surface area contributed by atoms with E-state index in [2.05, 4.69) is 17.1 Å². The Labute approximate surface area is 244 Å². The number of carbonyl (C=O) groups is 2. The van der Waals surface area contributed by atoms with E-state index in [1.807, 2.05) is 42.5 Å². The average molecular weight is 583 g/mol. The smallest absolute Gasteiger partial charge is 0.305 e. The maximum Gasteiger partial charge on any atom is 0.305 e. The van der Waals surface area contributed by atoms with E-state index in [9.17, 15) is 14.4 Å². The van der Waals surface area contributed by atoms with Gasteiger partial charge in [0.25, 0.3) is 0 Å². The molecule has 1 saturated heterocycles. The fraction of sp³-hybridized carbons (Fsp3) is 0.281. The Morgan fingerprint density at radius 3 is 2.32 bits per heavy atom. The molecule has 2 saturated carbocycles. The van der Waals surface area contributed by atoms with Gasteiger partial charge in [0.05, 0.1) is 29.7 Å². The Bertz CT molecular complexity index is 1730. The number of anilines is 1. The predicted molar refractivity (Wildman–Crippen MR) is 157 cm³/mol. The number of thioether (sulfide) groups is 1. The monoisotopic (exact) mass is 582 g/mol. The second kappa shape index (κ2) is 9.36. The summed E-state index contributed by atoms with van der Waals surface area (Å²) in [5.41, 5.74) is 1.66. The van der Waals surface area contributed by atoms with Crippen LogP contribution in [0.25, 0.3) is 0 Å². The van der Waals surface area contributed by atoms with Gasteiger partial charge >= 0.3 is 4.87 Å². The molecule has 1 N–H and O–H groups in total. The van der Waals surface area contributed by atoms with Crippen molar-refractivity contribution >= 4 is 40.6 Å². The van der Waals surface area contributed by atoms with E-state index in [4.69, 9.17) is 9.47 Å². The number of imide groups is 1. The molecule has 0 radical (unpaired) electrons. The van der Waals surface area contributed by atoms with Crippen molar-refractivity contribution in [3.8, 4) is 17.2 Å². The number of thiazole rings is 1. The van der Waals surface area contributed by atoms with Gasteiger partial charge in [0.15, 0.2) is 0 Å². The van der Waals surface area contributed by atoms with Gasteiger partial charge in [-0.1, -0.05) is 41.7 Å². The molecule has 2 bridgehead atoms. The van der Waals surface area contributed by atoms with Gasteiger partial charge in [-0.2, -0.15) is 0 Å². The van der Waals surface area contributed by atoms with Crippen LogP contribution >= 0.6 is 23.1 Å². The quantitative estimate of drug-likeness (QED) is 0.294. The van der Waals surface area contributed by atoms with Crippen molar-refractivity contribution in [2.75, 3.05) is 12.0 Å². The van der Waals surface area contributed by atoms with Crippen LogP contribution in [0.15, 0.2) is 88.7 Å². The molecule has 1 aromatic heterocycles. The number of hydrogen-bond donors (Lipinski definition) is 1. The molecule has 206 valence electrons. The number of para-hydroxylation sites is 1. The summed E-state index contributed by atoms with van der Waals surface area (Å²) >= 11 is 2.96. The Morgan fingerprint density at radius 1 is 0.829 bits per heavy atom. The zero-order valence-electron chi connectivity index (χ0n) is 22.1. The SMILES string of the molecule is COc1ccc(N2C(=O)C3C(C2=O)[C@@H]2C[C@H]3C3Sc4[nH]c(=O)sc4C(c4cccc(Oc5ccccc5)c4)C32)cc1. The van der Waals surface area contributed by atoms with Crippen LogP contribution in [-0.2, 0) is 9.59 Å². The summed E-state index contributed by atoms with van der Waals surface area (Å²) in [6.45, 7) is 0. The third-order valence-corrected chi connectivity index (χ3v) is 11.8. The molecule has 9 heteroatoms. The lowest BCUT2D eigenvalue weighted by atomic mass is 9.68. The first-order chi connectivity index (χ1) is 20.0. The van der Waals surface area contributed by atoms with Gasteiger partial charge in [-0.3, -0.25) is 19.3 Å². The zero-order chi connectivity index (χ0) is 27.8. The molecule has 7 atom stereocenters. The summed E-state index contributed by atoms with van der Waals surface area (Å²) in [5, 5.41) is 1.03. The van der Waals surface area contributed by atoms with Gasteiger partial charge in [0.2, 0.25) is 11.8 Å². The highest BCUT2D eigenvalue weighted by Crippen LogP contribution is 2.68. The van der Waals surface area contributed by atoms with Gasteiger partial charge in [-0.05, 0) is 78.3 Å². The summed E-state index contributed by atoms with van der Waals surface area (Å²) in [5.74, 6) is 1.47. The van der Waals surface area contributed by atoms with E-state index in [-0.39, 0.29) is 57.4 Å². The van der Waals surface area contributed by atoms with Crippen molar-refractivity contribution in [1.82, 2.24) is 4.98 Å². The van der Waals surface area contributed by atoms with Gasteiger partial charge in [-0.25, -0.2) is 0 Å². The number of methoxy groups -OCH3 is 1. The molecule has 2 amide bonds. The highest BCUT2D eigenvalue weighted by atomic mass is 32.2. The standard InChI is InChI=1S/C32H26N2O5S2/c1-38-18-12-10-17(11-13-18)34-30(35)25-21-15-22(26(25)31(34)36)27-24(21)23(28-29(40-27)33-32(37)41-28)16-6-5-9-20(14-16)39-19-7-3-2-4-8-19/h2-14,21-27H,15H2,1H3,(H,33,37)/t21-,22-,23?,24?,25?,26?,27?/m1/s1. The number of benzene rings is 3. The summed E-state index contributed by atoms with van der Waals surface area (Å²) in [4.78, 5) is 45.8. The topological polar surface area (TPSA) is 88.7 Å². The van der Waals surface area contributed by atoms with Gasteiger partial charge < -0.3 is 14.5 Å². The molecule has 41 heavy (non-hydrogen) atoms. The summed E-state index contributed by atoms with van der Waals surface area (Å²) in [6, 6.07) is 24.9. The minimum absolute atomic E-state index is 0.0521. The second-order valence-corrected chi connectivity index (χ2v) is 13.4. The molecule has 5 unspecified atom stereocenters. The Hall–Kier alpha value is -3.82. The highest BCUT2D eigenvalue weighted by Gasteiger charge is 2.69. The molecule has 3 fully saturated rings. The third-order valence-electron chi connectivity index (χ3n) is 9.25. The van der Waals surface area contributed by atoms with Crippen LogP contribution in [0.5, 0.6) is 17.2 Å². The number of ether oxygens (including phenoxy) is 2. The van der Waals surface area contributed by atoms with Crippen LogP contribution in [0.2, 0.25) is 0 Å². The number of amides is 2. The third kappa shape index (κ3) is 3.75.